The lowest BCUT2D eigenvalue weighted by Crippen LogP contribution is -2.39. The lowest BCUT2D eigenvalue weighted by atomic mass is 10.1. The van der Waals surface area contributed by atoms with Crippen molar-refractivity contribution in [1.29, 1.82) is 5.26 Å². The number of nitrogens with zero attached hydrogens (tertiary/aromatic N) is 2. The molecule has 1 saturated heterocycles. The van der Waals surface area contributed by atoms with E-state index in [1.807, 2.05) is 18.2 Å². The molecule has 0 spiro atoms. The third-order valence-corrected chi connectivity index (χ3v) is 6.88. The van der Waals surface area contributed by atoms with E-state index in [1.165, 1.54) is 7.11 Å². The molecule has 0 bridgehead atoms. The Balaban J connectivity index is 1.76. The van der Waals surface area contributed by atoms with Gasteiger partial charge in [-0.05, 0) is 43.2 Å². The molecule has 130 valence electrons. The maximum atomic E-state index is 12.9. The number of benzene rings is 2. The van der Waals surface area contributed by atoms with Crippen LogP contribution in [0.4, 0.5) is 5.69 Å². The van der Waals surface area contributed by atoms with Gasteiger partial charge in [-0.15, -0.1) is 0 Å². The second-order valence-electron chi connectivity index (χ2n) is 6.04. The molecule has 2 aromatic rings. The standard InChI is InChI=1S/C19H20N2O3S/c1-24-16-6-4-7-18(13-16)25(22,23)17-9-11-21(12-10-17)19-8-3-2-5-15(19)14-20/h2-8,13,17H,9-12H2,1H3. The summed E-state index contributed by atoms with van der Waals surface area (Å²) in [6.45, 7) is 1.24. The predicted octanol–water partition coefficient (Wildman–Crippen LogP) is 3.01. The molecule has 0 aliphatic carbocycles. The summed E-state index contributed by atoms with van der Waals surface area (Å²) in [5, 5.41) is 8.83. The molecular weight excluding hydrogens is 336 g/mol. The van der Waals surface area contributed by atoms with Crippen LogP contribution in [0.25, 0.3) is 0 Å². The van der Waals surface area contributed by atoms with Gasteiger partial charge < -0.3 is 9.64 Å². The Morgan fingerprint density at radius 3 is 2.52 bits per heavy atom. The molecule has 1 aliphatic heterocycles. The van der Waals surface area contributed by atoms with Crippen LogP contribution in [0.15, 0.2) is 53.4 Å². The highest BCUT2D eigenvalue weighted by Crippen LogP contribution is 2.30. The average molecular weight is 356 g/mol. The van der Waals surface area contributed by atoms with E-state index >= 15 is 0 Å². The van der Waals surface area contributed by atoms with Gasteiger partial charge >= 0.3 is 0 Å². The number of piperidine rings is 1. The summed E-state index contributed by atoms with van der Waals surface area (Å²) in [6.07, 6.45) is 1.08. The Morgan fingerprint density at radius 2 is 1.84 bits per heavy atom. The first-order chi connectivity index (χ1) is 12.1. The van der Waals surface area contributed by atoms with Gasteiger partial charge in [0.1, 0.15) is 11.8 Å². The van der Waals surface area contributed by atoms with Gasteiger partial charge in [0.15, 0.2) is 9.84 Å². The number of hydrogen-bond acceptors (Lipinski definition) is 5. The monoisotopic (exact) mass is 356 g/mol. The molecule has 0 radical (unpaired) electrons. The van der Waals surface area contributed by atoms with Crippen molar-refractivity contribution >= 4 is 15.5 Å². The summed E-state index contributed by atoms with van der Waals surface area (Å²) >= 11 is 0. The number of para-hydroxylation sites is 1. The highest BCUT2D eigenvalue weighted by atomic mass is 32.2. The molecule has 0 atom stereocenters. The lowest BCUT2D eigenvalue weighted by Gasteiger charge is -2.33. The van der Waals surface area contributed by atoms with E-state index < -0.39 is 15.1 Å². The molecule has 25 heavy (non-hydrogen) atoms. The molecular formula is C19H20N2O3S. The fraction of sp³-hybridized carbons (Fsp3) is 0.316. The molecule has 0 unspecified atom stereocenters. The van der Waals surface area contributed by atoms with Crippen molar-refractivity contribution in [1.82, 2.24) is 0 Å². The minimum atomic E-state index is -3.39. The summed E-state index contributed by atoms with van der Waals surface area (Å²) in [7, 11) is -1.86. The second kappa shape index (κ2) is 7.16. The highest BCUT2D eigenvalue weighted by Gasteiger charge is 2.32. The molecule has 0 saturated carbocycles. The van der Waals surface area contributed by atoms with Gasteiger partial charge in [-0.25, -0.2) is 8.42 Å². The fourth-order valence-electron chi connectivity index (χ4n) is 3.22. The van der Waals surface area contributed by atoms with Crippen LogP contribution < -0.4 is 9.64 Å². The summed E-state index contributed by atoms with van der Waals surface area (Å²) < 4.78 is 30.9. The number of sulfone groups is 1. The maximum Gasteiger partial charge on any atom is 0.181 e. The number of ether oxygens (including phenoxy) is 1. The molecule has 0 N–H and O–H groups in total. The molecule has 0 amide bonds. The van der Waals surface area contributed by atoms with Gasteiger partial charge in [-0.2, -0.15) is 5.26 Å². The van der Waals surface area contributed by atoms with E-state index in [2.05, 4.69) is 11.0 Å². The summed E-state index contributed by atoms with van der Waals surface area (Å²) in [4.78, 5) is 2.40. The molecule has 1 heterocycles. The molecule has 1 fully saturated rings. The average Bonchev–Trinajstić information content (AvgIpc) is 2.68. The Morgan fingerprint density at radius 1 is 1.12 bits per heavy atom. The molecule has 2 aromatic carbocycles. The van der Waals surface area contributed by atoms with Crippen molar-refractivity contribution in [3.8, 4) is 11.8 Å². The van der Waals surface area contributed by atoms with Crippen LogP contribution in [0.1, 0.15) is 18.4 Å². The van der Waals surface area contributed by atoms with Crippen LogP contribution in [-0.4, -0.2) is 33.9 Å². The second-order valence-corrected chi connectivity index (χ2v) is 8.27. The van der Waals surface area contributed by atoms with E-state index in [4.69, 9.17) is 4.74 Å². The number of anilines is 1. The SMILES string of the molecule is COc1cccc(S(=O)(=O)C2CCN(c3ccccc3C#N)CC2)c1. The first kappa shape index (κ1) is 17.3. The molecule has 3 rings (SSSR count). The Kier molecular flexibility index (Phi) is 4.95. The minimum absolute atomic E-state index is 0.308. The predicted molar refractivity (Wildman–Crippen MR) is 96.6 cm³/mol. The number of methoxy groups -OCH3 is 1. The van der Waals surface area contributed by atoms with E-state index in [1.54, 1.807) is 30.3 Å². The van der Waals surface area contributed by atoms with Crippen molar-refractivity contribution in [2.75, 3.05) is 25.1 Å². The minimum Gasteiger partial charge on any atom is -0.497 e. The quantitative estimate of drug-likeness (QED) is 0.842. The Labute approximate surface area is 148 Å². The summed E-state index contributed by atoms with van der Waals surface area (Å²) in [6, 6.07) is 16.3. The third kappa shape index (κ3) is 3.47. The van der Waals surface area contributed by atoms with Gasteiger partial charge in [-0.3, -0.25) is 0 Å². The van der Waals surface area contributed by atoms with Crippen LogP contribution in [-0.2, 0) is 9.84 Å². The number of nitriles is 1. The van der Waals surface area contributed by atoms with Crippen LogP contribution >= 0.6 is 0 Å². The van der Waals surface area contributed by atoms with E-state index in [0.717, 1.165) is 5.69 Å². The largest absolute Gasteiger partial charge is 0.497 e. The zero-order chi connectivity index (χ0) is 17.9. The van der Waals surface area contributed by atoms with Crippen molar-refractivity contribution in [3.63, 3.8) is 0 Å². The van der Waals surface area contributed by atoms with Gasteiger partial charge in [-0.1, -0.05) is 18.2 Å². The third-order valence-electron chi connectivity index (χ3n) is 4.62. The number of rotatable bonds is 4. The van der Waals surface area contributed by atoms with Crippen molar-refractivity contribution in [2.24, 2.45) is 0 Å². The lowest BCUT2D eigenvalue weighted by molar-refractivity contribution is 0.413. The molecule has 6 heteroatoms. The van der Waals surface area contributed by atoms with Gasteiger partial charge in [0.2, 0.25) is 0 Å². The number of hydrogen-bond donors (Lipinski definition) is 0. The summed E-state index contributed by atoms with van der Waals surface area (Å²) in [5.41, 5.74) is 1.50. The fourth-order valence-corrected chi connectivity index (χ4v) is 4.99. The normalized spacial score (nSPS) is 15.6. The smallest absolute Gasteiger partial charge is 0.181 e. The van der Waals surface area contributed by atoms with Crippen LogP contribution in [0.3, 0.4) is 0 Å². The zero-order valence-corrected chi connectivity index (χ0v) is 14.9. The van der Waals surface area contributed by atoms with Gasteiger partial charge in [0.25, 0.3) is 0 Å². The maximum absolute atomic E-state index is 12.9. The van der Waals surface area contributed by atoms with E-state index in [-0.39, 0.29) is 0 Å². The van der Waals surface area contributed by atoms with E-state index in [0.29, 0.717) is 42.1 Å². The topological polar surface area (TPSA) is 70.4 Å². The van der Waals surface area contributed by atoms with Gasteiger partial charge in [0, 0.05) is 13.1 Å². The van der Waals surface area contributed by atoms with E-state index in [9.17, 15) is 13.7 Å². The Bertz CT molecular complexity index is 895. The first-order valence-electron chi connectivity index (χ1n) is 8.18. The zero-order valence-electron chi connectivity index (χ0n) is 14.1. The Hall–Kier alpha value is -2.52. The summed E-state index contributed by atoms with van der Waals surface area (Å²) in [5.74, 6) is 0.543. The van der Waals surface area contributed by atoms with Crippen LogP contribution in [0, 0.1) is 11.3 Å². The molecule has 1 aliphatic rings. The van der Waals surface area contributed by atoms with Crippen molar-refractivity contribution in [2.45, 2.75) is 23.0 Å². The van der Waals surface area contributed by atoms with Gasteiger partial charge in [0.05, 0.1) is 28.5 Å². The van der Waals surface area contributed by atoms with Crippen LogP contribution in [0.2, 0.25) is 0 Å². The van der Waals surface area contributed by atoms with Crippen molar-refractivity contribution in [3.05, 3.63) is 54.1 Å². The molecule has 0 aromatic heterocycles. The molecule has 5 nitrogen and oxygen atoms in total. The van der Waals surface area contributed by atoms with Crippen LogP contribution in [0.5, 0.6) is 5.75 Å². The van der Waals surface area contributed by atoms with Crippen molar-refractivity contribution < 1.29 is 13.2 Å². The highest BCUT2D eigenvalue weighted by molar-refractivity contribution is 7.92. The first-order valence-corrected chi connectivity index (χ1v) is 9.73.